The van der Waals surface area contributed by atoms with Gasteiger partial charge in [0.15, 0.2) is 0 Å². The van der Waals surface area contributed by atoms with Crippen LogP contribution in [0.4, 0.5) is 0 Å². The molecule has 0 aliphatic rings. The Kier molecular flexibility index (Phi) is 11.0. The van der Waals surface area contributed by atoms with Crippen LogP contribution in [-0.2, 0) is 0 Å². The van der Waals surface area contributed by atoms with Crippen LogP contribution in [0.1, 0.15) is 72.6 Å². The van der Waals surface area contributed by atoms with Gasteiger partial charge in [0.2, 0.25) is 0 Å². The highest BCUT2D eigenvalue weighted by Gasteiger charge is 1.95. The van der Waals surface area contributed by atoms with Crippen LogP contribution >= 0.6 is 0 Å². The van der Waals surface area contributed by atoms with Crippen molar-refractivity contribution in [2.45, 2.75) is 72.6 Å². The Morgan fingerprint density at radius 2 is 1.59 bits per heavy atom. The monoisotopic (exact) mass is 235 g/mol. The molecule has 0 rings (SSSR count). The second kappa shape index (κ2) is 11.6. The van der Waals surface area contributed by atoms with E-state index in [-0.39, 0.29) is 0 Å². The zero-order chi connectivity index (χ0) is 12.9. The third kappa shape index (κ3) is 8.91. The molecule has 17 heavy (non-hydrogen) atoms. The highest BCUT2D eigenvalue weighted by Crippen LogP contribution is 2.11. The van der Waals surface area contributed by atoms with E-state index in [9.17, 15) is 0 Å². The van der Waals surface area contributed by atoms with E-state index in [2.05, 4.69) is 51.1 Å². The molecule has 0 amide bonds. The molecule has 0 aromatic heterocycles. The van der Waals surface area contributed by atoms with Gasteiger partial charge in [-0.3, -0.25) is 4.99 Å². The molecule has 0 heterocycles. The van der Waals surface area contributed by atoms with Crippen LogP contribution in [0.5, 0.6) is 0 Å². The summed E-state index contributed by atoms with van der Waals surface area (Å²) < 4.78 is 0. The standard InChI is InChI=1S/C16H29N/c1-5-9-11-13-16(8-4)17-14-15(7-3)12-10-6-2/h7-8,14H,5-6,9-13H2,1-4H3/b15-7-,16-8?,17-14?. The first-order chi connectivity index (χ1) is 8.28. The van der Waals surface area contributed by atoms with Gasteiger partial charge in [0.1, 0.15) is 0 Å². The van der Waals surface area contributed by atoms with Crippen molar-refractivity contribution in [3.05, 3.63) is 23.4 Å². The molecule has 0 aliphatic heterocycles. The first-order valence-corrected chi connectivity index (χ1v) is 7.12. The summed E-state index contributed by atoms with van der Waals surface area (Å²) >= 11 is 0. The molecule has 0 unspecified atom stereocenters. The van der Waals surface area contributed by atoms with Crippen LogP contribution in [0.2, 0.25) is 0 Å². The minimum atomic E-state index is 1.12. The van der Waals surface area contributed by atoms with Gasteiger partial charge >= 0.3 is 0 Å². The minimum absolute atomic E-state index is 1.12. The summed E-state index contributed by atoms with van der Waals surface area (Å²) in [6.45, 7) is 8.65. The number of hydrogen-bond acceptors (Lipinski definition) is 1. The van der Waals surface area contributed by atoms with Crippen LogP contribution < -0.4 is 0 Å². The van der Waals surface area contributed by atoms with Gasteiger partial charge in [-0.15, -0.1) is 0 Å². The predicted octanol–water partition coefficient (Wildman–Crippen LogP) is 5.68. The van der Waals surface area contributed by atoms with E-state index >= 15 is 0 Å². The van der Waals surface area contributed by atoms with Gasteiger partial charge in [-0.25, -0.2) is 0 Å². The van der Waals surface area contributed by atoms with Crippen molar-refractivity contribution < 1.29 is 0 Å². The fourth-order valence-corrected chi connectivity index (χ4v) is 1.67. The third-order valence-electron chi connectivity index (χ3n) is 2.96. The van der Waals surface area contributed by atoms with Crippen molar-refractivity contribution in [1.29, 1.82) is 0 Å². The van der Waals surface area contributed by atoms with Crippen molar-refractivity contribution in [2.75, 3.05) is 0 Å². The van der Waals surface area contributed by atoms with Crippen molar-refractivity contribution in [2.24, 2.45) is 4.99 Å². The summed E-state index contributed by atoms with van der Waals surface area (Å²) in [5, 5.41) is 0. The average Bonchev–Trinajstić information content (AvgIpc) is 2.36. The van der Waals surface area contributed by atoms with Crippen LogP contribution in [0.3, 0.4) is 0 Å². The van der Waals surface area contributed by atoms with Crippen LogP contribution in [0.25, 0.3) is 0 Å². The lowest BCUT2D eigenvalue weighted by atomic mass is 10.1. The van der Waals surface area contributed by atoms with Gasteiger partial charge in [0, 0.05) is 11.9 Å². The van der Waals surface area contributed by atoms with E-state index in [1.54, 1.807) is 0 Å². The van der Waals surface area contributed by atoms with Crippen molar-refractivity contribution >= 4 is 6.21 Å². The van der Waals surface area contributed by atoms with E-state index in [0.29, 0.717) is 0 Å². The Labute approximate surface area is 108 Å². The number of unbranched alkanes of at least 4 members (excludes halogenated alkanes) is 3. The molecular formula is C16H29N. The van der Waals surface area contributed by atoms with Crippen molar-refractivity contribution in [1.82, 2.24) is 0 Å². The topological polar surface area (TPSA) is 12.4 Å². The van der Waals surface area contributed by atoms with E-state index in [1.165, 1.54) is 43.4 Å². The predicted molar refractivity (Wildman–Crippen MR) is 79.7 cm³/mol. The van der Waals surface area contributed by atoms with Crippen molar-refractivity contribution in [3.63, 3.8) is 0 Å². The Morgan fingerprint density at radius 3 is 2.12 bits per heavy atom. The SMILES string of the molecule is CC=C(CCCCC)N=C/C(=C\C)CCCC. The molecule has 0 radical (unpaired) electrons. The average molecular weight is 235 g/mol. The Bertz CT molecular complexity index is 259. The molecule has 0 saturated heterocycles. The first kappa shape index (κ1) is 16.1. The Balaban J connectivity index is 4.15. The number of hydrogen-bond donors (Lipinski definition) is 0. The fourth-order valence-electron chi connectivity index (χ4n) is 1.67. The first-order valence-electron chi connectivity index (χ1n) is 7.12. The number of rotatable bonds is 9. The van der Waals surface area contributed by atoms with Crippen LogP contribution in [0.15, 0.2) is 28.4 Å². The lowest BCUT2D eigenvalue weighted by molar-refractivity contribution is 0.709. The maximum atomic E-state index is 4.61. The zero-order valence-electron chi connectivity index (χ0n) is 12.1. The fraction of sp³-hybridized carbons (Fsp3) is 0.688. The Hall–Kier alpha value is -0.850. The second-order valence-corrected chi connectivity index (χ2v) is 4.46. The van der Waals surface area contributed by atoms with Gasteiger partial charge in [0.05, 0.1) is 0 Å². The molecule has 0 spiro atoms. The lowest BCUT2D eigenvalue weighted by Crippen LogP contribution is -1.88. The number of aliphatic imine (C=N–C) groups is 1. The van der Waals surface area contributed by atoms with Gasteiger partial charge in [-0.1, -0.05) is 45.3 Å². The van der Waals surface area contributed by atoms with E-state index in [0.717, 1.165) is 12.8 Å². The summed E-state index contributed by atoms with van der Waals surface area (Å²) in [4.78, 5) is 4.61. The molecule has 0 aromatic rings. The maximum absolute atomic E-state index is 4.61. The quantitative estimate of drug-likeness (QED) is 0.360. The number of nitrogens with zero attached hydrogens (tertiary/aromatic N) is 1. The molecule has 98 valence electrons. The molecule has 1 nitrogen and oxygen atoms in total. The Morgan fingerprint density at radius 1 is 0.882 bits per heavy atom. The van der Waals surface area contributed by atoms with Crippen LogP contribution in [-0.4, -0.2) is 6.21 Å². The summed E-state index contributed by atoms with van der Waals surface area (Å²) in [6.07, 6.45) is 15.0. The lowest BCUT2D eigenvalue weighted by Gasteiger charge is -2.02. The number of allylic oxidation sites excluding steroid dienone is 4. The highest BCUT2D eigenvalue weighted by atomic mass is 14.7. The summed E-state index contributed by atoms with van der Waals surface area (Å²) in [5.41, 5.74) is 2.59. The molecule has 0 N–H and O–H groups in total. The normalized spacial score (nSPS) is 13.6. The van der Waals surface area contributed by atoms with Gasteiger partial charge in [0.25, 0.3) is 0 Å². The molecule has 1 heteroatoms. The van der Waals surface area contributed by atoms with Gasteiger partial charge in [-0.2, -0.15) is 0 Å². The van der Waals surface area contributed by atoms with E-state index < -0.39 is 0 Å². The smallest absolute Gasteiger partial charge is 0.0361 e. The van der Waals surface area contributed by atoms with E-state index in [4.69, 9.17) is 0 Å². The minimum Gasteiger partial charge on any atom is -0.261 e. The molecule has 0 aromatic carbocycles. The molecule has 0 bridgehead atoms. The largest absolute Gasteiger partial charge is 0.261 e. The van der Waals surface area contributed by atoms with Crippen molar-refractivity contribution in [3.8, 4) is 0 Å². The van der Waals surface area contributed by atoms with Crippen LogP contribution in [0, 0.1) is 0 Å². The molecule has 0 saturated carbocycles. The van der Waals surface area contributed by atoms with E-state index in [1.807, 2.05) is 0 Å². The summed E-state index contributed by atoms with van der Waals surface area (Å²) in [5.74, 6) is 0. The maximum Gasteiger partial charge on any atom is 0.0361 e. The zero-order valence-corrected chi connectivity index (χ0v) is 12.1. The second-order valence-electron chi connectivity index (χ2n) is 4.46. The van der Waals surface area contributed by atoms with Gasteiger partial charge in [-0.05, 0) is 45.1 Å². The van der Waals surface area contributed by atoms with Gasteiger partial charge < -0.3 is 0 Å². The molecule has 0 atom stereocenters. The molecule has 0 aliphatic carbocycles. The highest BCUT2D eigenvalue weighted by molar-refractivity contribution is 5.79. The molecule has 0 fully saturated rings. The third-order valence-corrected chi connectivity index (χ3v) is 2.96. The summed E-state index contributed by atoms with van der Waals surface area (Å²) in [7, 11) is 0. The summed E-state index contributed by atoms with van der Waals surface area (Å²) in [6, 6.07) is 0. The molecular weight excluding hydrogens is 206 g/mol.